The van der Waals surface area contributed by atoms with Crippen molar-refractivity contribution in [1.29, 1.82) is 0 Å². The van der Waals surface area contributed by atoms with E-state index in [1.807, 2.05) is 18.2 Å². The SMILES string of the molecule is NC1(CC(=O)c2cccc3c2OCC3)CCCC1. The van der Waals surface area contributed by atoms with Gasteiger partial charge in [0.05, 0.1) is 12.2 Å². The predicted molar refractivity (Wildman–Crippen MR) is 70.0 cm³/mol. The van der Waals surface area contributed by atoms with E-state index in [-0.39, 0.29) is 11.3 Å². The Bertz CT molecular complexity index is 475. The van der Waals surface area contributed by atoms with Crippen LogP contribution in [0.4, 0.5) is 0 Å². The summed E-state index contributed by atoms with van der Waals surface area (Å²) < 4.78 is 5.59. The van der Waals surface area contributed by atoms with Gasteiger partial charge in [-0.3, -0.25) is 4.79 Å². The largest absolute Gasteiger partial charge is 0.492 e. The number of benzene rings is 1. The maximum Gasteiger partial charge on any atom is 0.168 e. The minimum absolute atomic E-state index is 0.137. The summed E-state index contributed by atoms with van der Waals surface area (Å²) in [6.45, 7) is 0.688. The molecule has 1 aliphatic carbocycles. The summed E-state index contributed by atoms with van der Waals surface area (Å²) in [7, 11) is 0. The van der Waals surface area contributed by atoms with Crippen LogP contribution in [0, 0.1) is 0 Å². The van der Waals surface area contributed by atoms with Gasteiger partial charge in [0.2, 0.25) is 0 Å². The molecule has 0 radical (unpaired) electrons. The zero-order valence-corrected chi connectivity index (χ0v) is 10.6. The van der Waals surface area contributed by atoms with E-state index in [1.54, 1.807) is 0 Å². The number of rotatable bonds is 3. The lowest BCUT2D eigenvalue weighted by atomic mass is 9.89. The first kappa shape index (κ1) is 11.7. The molecule has 96 valence electrons. The number of para-hydroxylation sites is 1. The van der Waals surface area contributed by atoms with Crippen molar-refractivity contribution >= 4 is 5.78 Å². The molecule has 1 heterocycles. The number of ketones is 1. The molecule has 0 saturated heterocycles. The van der Waals surface area contributed by atoms with Gasteiger partial charge in [-0.25, -0.2) is 0 Å². The molecule has 3 nitrogen and oxygen atoms in total. The van der Waals surface area contributed by atoms with Crippen LogP contribution in [-0.2, 0) is 6.42 Å². The lowest BCUT2D eigenvalue weighted by Gasteiger charge is -2.22. The summed E-state index contributed by atoms with van der Waals surface area (Å²) in [6, 6.07) is 5.84. The van der Waals surface area contributed by atoms with Crippen molar-refractivity contribution in [2.45, 2.75) is 44.1 Å². The molecule has 2 N–H and O–H groups in total. The van der Waals surface area contributed by atoms with Crippen molar-refractivity contribution in [1.82, 2.24) is 0 Å². The van der Waals surface area contributed by atoms with Crippen molar-refractivity contribution in [2.75, 3.05) is 6.61 Å². The van der Waals surface area contributed by atoms with Crippen LogP contribution in [-0.4, -0.2) is 17.9 Å². The number of carbonyl (C=O) groups excluding carboxylic acids is 1. The molecule has 2 aliphatic rings. The molecule has 1 fully saturated rings. The normalized spacial score (nSPS) is 20.5. The lowest BCUT2D eigenvalue weighted by Crippen LogP contribution is -2.38. The highest BCUT2D eigenvalue weighted by molar-refractivity contribution is 5.99. The van der Waals surface area contributed by atoms with Crippen LogP contribution >= 0.6 is 0 Å². The van der Waals surface area contributed by atoms with E-state index < -0.39 is 0 Å². The minimum atomic E-state index is -0.279. The zero-order chi connectivity index (χ0) is 12.6. The highest BCUT2D eigenvalue weighted by atomic mass is 16.5. The average molecular weight is 245 g/mol. The van der Waals surface area contributed by atoms with Crippen LogP contribution in [0.1, 0.15) is 48.0 Å². The van der Waals surface area contributed by atoms with Gasteiger partial charge in [-0.1, -0.05) is 25.0 Å². The summed E-state index contributed by atoms with van der Waals surface area (Å²) in [4.78, 5) is 12.4. The Morgan fingerprint density at radius 2 is 2.11 bits per heavy atom. The number of Topliss-reactive ketones (excluding diaryl/α,β-unsaturated/α-hetero) is 1. The molecule has 1 aliphatic heterocycles. The van der Waals surface area contributed by atoms with Crippen molar-refractivity contribution in [3.05, 3.63) is 29.3 Å². The standard InChI is InChI=1S/C15H19NO2/c16-15(7-1-2-8-15)10-13(17)12-5-3-4-11-6-9-18-14(11)12/h3-5H,1-2,6-10,16H2. The van der Waals surface area contributed by atoms with Gasteiger partial charge in [0.15, 0.2) is 5.78 Å². The van der Waals surface area contributed by atoms with E-state index in [1.165, 1.54) is 0 Å². The minimum Gasteiger partial charge on any atom is -0.492 e. The third-order valence-corrected chi connectivity index (χ3v) is 4.13. The van der Waals surface area contributed by atoms with Gasteiger partial charge in [0.1, 0.15) is 5.75 Å². The fraction of sp³-hybridized carbons (Fsp3) is 0.533. The summed E-state index contributed by atoms with van der Waals surface area (Å²) in [5.41, 5.74) is 7.88. The topological polar surface area (TPSA) is 52.3 Å². The van der Waals surface area contributed by atoms with Gasteiger partial charge in [0, 0.05) is 18.4 Å². The maximum absolute atomic E-state index is 12.4. The number of carbonyl (C=O) groups is 1. The van der Waals surface area contributed by atoms with E-state index in [0.717, 1.165) is 49.0 Å². The third-order valence-electron chi connectivity index (χ3n) is 4.13. The van der Waals surface area contributed by atoms with Gasteiger partial charge in [0.25, 0.3) is 0 Å². The second kappa shape index (κ2) is 4.39. The number of nitrogens with two attached hydrogens (primary N) is 1. The molecule has 3 rings (SSSR count). The van der Waals surface area contributed by atoms with Crippen molar-refractivity contribution in [3.8, 4) is 5.75 Å². The predicted octanol–water partition coefficient (Wildman–Crippen LogP) is 2.47. The second-order valence-electron chi connectivity index (χ2n) is 5.56. The molecule has 1 aromatic rings. The highest BCUT2D eigenvalue weighted by Crippen LogP contribution is 2.34. The maximum atomic E-state index is 12.4. The Hall–Kier alpha value is -1.35. The first-order valence-corrected chi connectivity index (χ1v) is 6.75. The first-order valence-electron chi connectivity index (χ1n) is 6.75. The third kappa shape index (κ3) is 2.03. The van der Waals surface area contributed by atoms with Gasteiger partial charge in [-0.2, -0.15) is 0 Å². The average Bonchev–Trinajstić information content (AvgIpc) is 2.96. The summed E-state index contributed by atoms with van der Waals surface area (Å²) >= 11 is 0. The van der Waals surface area contributed by atoms with Gasteiger partial charge in [-0.05, 0) is 24.5 Å². The van der Waals surface area contributed by atoms with Crippen molar-refractivity contribution in [3.63, 3.8) is 0 Å². The monoisotopic (exact) mass is 245 g/mol. The summed E-state index contributed by atoms with van der Waals surface area (Å²) in [5, 5.41) is 0. The van der Waals surface area contributed by atoms with Crippen molar-refractivity contribution < 1.29 is 9.53 Å². The molecular formula is C15H19NO2. The fourth-order valence-corrected chi connectivity index (χ4v) is 3.11. The Morgan fingerprint density at radius 1 is 1.33 bits per heavy atom. The van der Waals surface area contributed by atoms with Crippen LogP contribution in [0.15, 0.2) is 18.2 Å². The summed E-state index contributed by atoms with van der Waals surface area (Å²) in [6.07, 6.45) is 5.58. The second-order valence-corrected chi connectivity index (χ2v) is 5.56. The van der Waals surface area contributed by atoms with E-state index in [0.29, 0.717) is 13.0 Å². The van der Waals surface area contributed by atoms with Crippen LogP contribution in [0.25, 0.3) is 0 Å². The zero-order valence-electron chi connectivity index (χ0n) is 10.6. The van der Waals surface area contributed by atoms with Crippen LogP contribution < -0.4 is 10.5 Å². The van der Waals surface area contributed by atoms with Crippen LogP contribution in [0.2, 0.25) is 0 Å². The number of hydrogen-bond donors (Lipinski definition) is 1. The molecule has 3 heteroatoms. The lowest BCUT2D eigenvalue weighted by molar-refractivity contribution is 0.0949. The molecule has 0 bridgehead atoms. The van der Waals surface area contributed by atoms with E-state index >= 15 is 0 Å². The molecule has 18 heavy (non-hydrogen) atoms. The number of hydrogen-bond acceptors (Lipinski definition) is 3. The molecule has 0 unspecified atom stereocenters. The van der Waals surface area contributed by atoms with Gasteiger partial charge < -0.3 is 10.5 Å². The first-order chi connectivity index (χ1) is 8.68. The Kier molecular flexibility index (Phi) is 2.86. The molecule has 0 aromatic heterocycles. The quantitative estimate of drug-likeness (QED) is 0.832. The smallest absolute Gasteiger partial charge is 0.168 e. The fourth-order valence-electron chi connectivity index (χ4n) is 3.11. The molecule has 1 saturated carbocycles. The summed E-state index contributed by atoms with van der Waals surface area (Å²) in [5.74, 6) is 0.933. The van der Waals surface area contributed by atoms with E-state index in [9.17, 15) is 4.79 Å². The van der Waals surface area contributed by atoms with Crippen LogP contribution in [0.5, 0.6) is 5.75 Å². The van der Waals surface area contributed by atoms with Gasteiger partial charge in [-0.15, -0.1) is 0 Å². The molecule has 0 atom stereocenters. The van der Waals surface area contributed by atoms with Crippen LogP contribution in [0.3, 0.4) is 0 Å². The number of ether oxygens (including phenoxy) is 1. The van der Waals surface area contributed by atoms with E-state index in [2.05, 4.69) is 0 Å². The highest BCUT2D eigenvalue weighted by Gasteiger charge is 2.33. The Morgan fingerprint density at radius 3 is 2.89 bits per heavy atom. The molecule has 1 aromatic carbocycles. The molecule has 0 amide bonds. The van der Waals surface area contributed by atoms with Crippen molar-refractivity contribution in [2.24, 2.45) is 5.73 Å². The number of fused-ring (bicyclic) bond motifs is 1. The van der Waals surface area contributed by atoms with E-state index in [4.69, 9.17) is 10.5 Å². The van der Waals surface area contributed by atoms with Gasteiger partial charge >= 0.3 is 0 Å². The molecule has 0 spiro atoms. The Balaban J connectivity index is 1.83. The molecular weight excluding hydrogens is 226 g/mol. The Labute approximate surface area is 107 Å².